The molecule has 0 unspecified atom stereocenters. The minimum atomic E-state index is -3.56. The van der Waals surface area contributed by atoms with Crippen molar-refractivity contribution >= 4 is 15.9 Å². The molecule has 0 fully saturated rings. The SMILES string of the molecule is C=CC(=O)N(Cc1ccccc1)S(C)(=O)=O. The Balaban J connectivity index is 2.97. The molecule has 0 heterocycles. The van der Waals surface area contributed by atoms with Gasteiger partial charge in [-0.15, -0.1) is 0 Å². The number of rotatable bonds is 4. The highest BCUT2D eigenvalue weighted by Crippen LogP contribution is 2.08. The number of amides is 1. The Morgan fingerprint density at radius 2 is 1.94 bits per heavy atom. The van der Waals surface area contributed by atoms with Gasteiger partial charge in [-0.05, 0) is 11.6 Å². The lowest BCUT2D eigenvalue weighted by atomic mass is 10.2. The van der Waals surface area contributed by atoms with Crippen molar-refractivity contribution in [2.24, 2.45) is 0 Å². The zero-order chi connectivity index (χ0) is 12.2. The summed E-state index contributed by atoms with van der Waals surface area (Å²) in [4.78, 5) is 11.4. The summed E-state index contributed by atoms with van der Waals surface area (Å²) in [6, 6.07) is 8.91. The van der Waals surface area contributed by atoms with Crippen LogP contribution in [-0.4, -0.2) is 24.9 Å². The van der Waals surface area contributed by atoms with E-state index in [1.807, 2.05) is 6.07 Å². The third-order valence-electron chi connectivity index (χ3n) is 1.99. The maximum Gasteiger partial charge on any atom is 0.259 e. The van der Waals surface area contributed by atoms with Crippen molar-refractivity contribution in [3.8, 4) is 0 Å². The molecule has 0 radical (unpaired) electrons. The van der Waals surface area contributed by atoms with Crippen LogP contribution in [0.2, 0.25) is 0 Å². The summed E-state index contributed by atoms with van der Waals surface area (Å²) in [5.74, 6) is -0.619. The summed E-state index contributed by atoms with van der Waals surface area (Å²) in [5.41, 5.74) is 0.753. The van der Waals surface area contributed by atoms with Gasteiger partial charge in [0.2, 0.25) is 10.0 Å². The second-order valence-electron chi connectivity index (χ2n) is 3.30. The Labute approximate surface area is 95.2 Å². The number of carbonyl (C=O) groups is 1. The maximum absolute atomic E-state index is 11.4. The molecular weight excluding hydrogens is 226 g/mol. The molecule has 1 aromatic rings. The average Bonchev–Trinajstić information content (AvgIpc) is 2.25. The molecule has 0 spiro atoms. The van der Waals surface area contributed by atoms with Crippen LogP contribution in [0, 0.1) is 0 Å². The van der Waals surface area contributed by atoms with Gasteiger partial charge in [0.1, 0.15) is 0 Å². The molecule has 0 bridgehead atoms. The number of hydrogen-bond donors (Lipinski definition) is 0. The Bertz CT molecular complexity index is 479. The molecule has 1 amide bonds. The number of carbonyl (C=O) groups excluding carboxylic acids is 1. The van der Waals surface area contributed by atoms with Crippen molar-refractivity contribution in [2.75, 3.05) is 6.26 Å². The quantitative estimate of drug-likeness (QED) is 0.741. The number of benzene rings is 1. The molecule has 0 atom stereocenters. The molecule has 0 aromatic heterocycles. The van der Waals surface area contributed by atoms with Crippen LogP contribution in [0.4, 0.5) is 0 Å². The first-order chi connectivity index (χ1) is 7.45. The fourth-order valence-corrected chi connectivity index (χ4v) is 1.99. The van der Waals surface area contributed by atoms with Crippen LogP contribution in [0.3, 0.4) is 0 Å². The lowest BCUT2D eigenvalue weighted by Crippen LogP contribution is -2.34. The monoisotopic (exact) mass is 239 g/mol. The molecule has 16 heavy (non-hydrogen) atoms. The number of nitrogens with zero attached hydrogens (tertiary/aromatic N) is 1. The summed E-state index contributed by atoms with van der Waals surface area (Å²) < 4.78 is 23.6. The summed E-state index contributed by atoms with van der Waals surface area (Å²) in [5, 5.41) is 0. The van der Waals surface area contributed by atoms with E-state index in [0.717, 1.165) is 22.2 Å². The van der Waals surface area contributed by atoms with E-state index in [1.54, 1.807) is 24.3 Å². The minimum absolute atomic E-state index is 0.0323. The van der Waals surface area contributed by atoms with E-state index in [4.69, 9.17) is 0 Å². The summed E-state index contributed by atoms with van der Waals surface area (Å²) in [7, 11) is -3.56. The van der Waals surface area contributed by atoms with Crippen LogP contribution >= 0.6 is 0 Å². The molecule has 1 aromatic carbocycles. The zero-order valence-electron chi connectivity index (χ0n) is 8.96. The van der Waals surface area contributed by atoms with E-state index >= 15 is 0 Å². The van der Waals surface area contributed by atoms with E-state index in [1.165, 1.54) is 0 Å². The van der Waals surface area contributed by atoms with Gasteiger partial charge in [-0.1, -0.05) is 36.9 Å². The van der Waals surface area contributed by atoms with Crippen molar-refractivity contribution in [1.82, 2.24) is 4.31 Å². The van der Waals surface area contributed by atoms with Crippen molar-refractivity contribution in [3.05, 3.63) is 48.6 Å². The van der Waals surface area contributed by atoms with Crippen LogP contribution < -0.4 is 0 Å². The molecule has 0 saturated carbocycles. The highest BCUT2D eigenvalue weighted by atomic mass is 32.2. The van der Waals surface area contributed by atoms with Crippen molar-refractivity contribution in [2.45, 2.75) is 6.54 Å². The second-order valence-corrected chi connectivity index (χ2v) is 5.20. The van der Waals surface area contributed by atoms with Gasteiger partial charge >= 0.3 is 0 Å². The summed E-state index contributed by atoms with van der Waals surface area (Å²) >= 11 is 0. The van der Waals surface area contributed by atoms with Gasteiger partial charge in [0.25, 0.3) is 5.91 Å². The fourth-order valence-electron chi connectivity index (χ4n) is 1.21. The Kier molecular flexibility index (Phi) is 3.84. The Morgan fingerprint density at radius 1 is 1.38 bits per heavy atom. The first kappa shape index (κ1) is 12.4. The molecule has 0 aliphatic heterocycles. The van der Waals surface area contributed by atoms with E-state index in [0.29, 0.717) is 0 Å². The lowest BCUT2D eigenvalue weighted by Gasteiger charge is -2.18. The van der Waals surface area contributed by atoms with Gasteiger partial charge < -0.3 is 0 Å². The first-order valence-electron chi connectivity index (χ1n) is 4.63. The highest BCUT2D eigenvalue weighted by Gasteiger charge is 2.20. The van der Waals surface area contributed by atoms with Gasteiger partial charge in [0, 0.05) is 0 Å². The lowest BCUT2D eigenvalue weighted by molar-refractivity contribution is -0.121. The van der Waals surface area contributed by atoms with Crippen molar-refractivity contribution in [3.63, 3.8) is 0 Å². The molecule has 5 heteroatoms. The van der Waals surface area contributed by atoms with Gasteiger partial charge in [0.05, 0.1) is 12.8 Å². The summed E-state index contributed by atoms with van der Waals surface area (Å²) in [6.07, 6.45) is 1.99. The topological polar surface area (TPSA) is 54.5 Å². The van der Waals surface area contributed by atoms with E-state index < -0.39 is 15.9 Å². The van der Waals surface area contributed by atoms with Gasteiger partial charge in [-0.2, -0.15) is 0 Å². The standard InChI is InChI=1S/C11H13NO3S/c1-3-11(13)12(16(2,14)15)9-10-7-5-4-6-8-10/h3-8H,1,9H2,2H3. The largest absolute Gasteiger partial charge is 0.269 e. The van der Waals surface area contributed by atoms with E-state index in [9.17, 15) is 13.2 Å². The van der Waals surface area contributed by atoms with Crippen LogP contribution in [0.25, 0.3) is 0 Å². The van der Waals surface area contributed by atoms with Crippen LogP contribution in [0.15, 0.2) is 43.0 Å². The molecule has 0 aliphatic rings. The molecule has 1 rings (SSSR count). The second kappa shape index (κ2) is 4.94. The molecular formula is C11H13NO3S. The highest BCUT2D eigenvalue weighted by molar-refractivity contribution is 7.88. The minimum Gasteiger partial charge on any atom is -0.269 e. The van der Waals surface area contributed by atoms with Crippen LogP contribution in [-0.2, 0) is 21.4 Å². The van der Waals surface area contributed by atoms with Gasteiger partial charge in [0.15, 0.2) is 0 Å². The van der Waals surface area contributed by atoms with Gasteiger partial charge in [-0.3, -0.25) is 4.79 Å². The molecule has 0 saturated heterocycles. The summed E-state index contributed by atoms with van der Waals surface area (Å²) in [6.45, 7) is 3.31. The average molecular weight is 239 g/mol. The van der Waals surface area contributed by atoms with Crippen molar-refractivity contribution < 1.29 is 13.2 Å². The Morgan fingerprint density at radius 3 is 2.38 bits per heavy atom. The third kappa shape index (κ3) is 3.20. The zero-order valence-corrected chi connectivity index (χ0v) is 9.78. The van der Waals surface area contributed by atoms with Crippen LogP contribution in [0.5, 0.6) is 0 Å². The van der Waals surface area contributed by atoms with Crippen molar-refractivity contribution in [1.29, 1.82) is 0 Å². The number of sulfonamides is 1. The normalized spacial score (nSPS) is 10.8. The molecule has 86 valence electrons. The van der Waals surface area contributed by atoms with Gasteiger partial charge in [-0.25, -0.2) is 12.7 Å². The van der Waals surface area contributed by atoms with Crippen LogP contribution in [0.1, 0.15) is 5.56 Å². The molecule has 4 nitrogen and oxygen atoms in total. The smallest absolute Gasteiger partial charge is 0.259 e. The molecule has 0 N–H and O–H groups in total. The number of hydrogen-bond acceptors (Lipinski definition) is 3. The Hall–Kier alpha value is -1.62. The van der Waals surface area contributed by atoms with E-state index in [-0.39, 0.29) is 6.54 Å². The molecule has 0 aliphatic carbocycles. The predicted octanol–water partition coefficient (Wildman–Crippen LogP) is 1.16. The van der Waals surface area contributed by atoms with E-state index in [2.05, 4.69) is 6.58 Å². The maximum atomic E-state index is 11.4. The predicted molar refractivity (Wildman–Crippen MR) is 62.0 cm³/mol. The fraction of sp³-hybridized carbons (Fsp3) is 0.182. The third-order valence-corrected chi connectivity index (χ3v) is 3.10. The first-order valence-corrected chi connectivity index (χ1v) is 6.48.